The van der Waals surface area contributed by atoms with Crippen molar-refractivity contribution in [2.75, 3.05) is 10.6 Å². The average molecular weight is 537 g/mol. The van der Waals surface area contributed by atoms with Gasteiger partial charge in [0, 0.05) is 35.5 Å². The smallest absolute Gasteiger partial charge is 0.248 e. The van der Waals surface area contributed by atoms with E-state index in [9.17, 15) is 9.59 Å². The molecule has 1 aromatic carbocycles. The van der Waals surface area contributed by atoms with Gasteiger partial charge in [-0.3, -0.25) is 9.59 Å². The van der Waals surface area contributed by atoms with Crippen molar-refractivity contribution in [1.82, 2.24) is 10.2 Å². The molecule has 2 N–H and O–H groups in total. The summed E-state index contributed by atoms with van der Waals surface area (Å²) in [4.78, 5) is 25.3. The number of carbonyl (C=O) groups excluding carboxylic acids is 2. The van der Waals surface area contributed by atoms with E-state index in [4.69, 9.17) is 16.3 Å². The van der Waals surface area contributed by atoms with Gasteiger partial charge in [0.15, 0.2) is 11.5 Å². The first-order chi connectivity index (χ1) is 18.1. The number of anilines is 2. The lowest BCUT2D eigenvalue weighted by atomic mass is 10.0. The fourth-order valence-corrected chi connectivity index (χ4v) is 5.15. The number of rotatable bonds is 10. The van der Waals surface area contributed by atoms with E-state index in [-0.39, 0.29) is 17.4 Å². The maximum absolute atomic E-state index is 12.9. The molecule has 4 rings (SSSR count). The Morgan fingerprint density at radius 3 is 2.58 bits per heavy atom. The summed E-state index contributed by atoms with van der Waals surface area (Å²) in [5.41, 5.74) is 2.10. The van der Waals surface area contributed by atoms with E-state index in [2.05, 4.69) is 20.8 Å². The number of fused-ring (bicyclic) bond motifs is 1. The normalized spacial score (nSPS) is 16.1. The molecule has 1 heterocycles. The van der Waals surface area contributed by atoms with Gasteiger partial charge in [-0.25, -0.2) is 0 Å². The van der Waals surface area contributed by atoms with Crippen LogP contribution in [0.1, 0.15) is 89.5 Å². The van der Waals surface area contributed by atoms with Crippen molar-refractivity contribution < 1.29 is 14.3 Å². The average Bonchev–Trinajstić information content (AvgIpc) is 3.50. The number of allylic oxidation sites excluding steroid dienone is 4. The van der Waals surface area contributed by atoms with Gasteiger partial charge >= 0.3 is 0 Å². The first-order valence-electron chi connectivity index (χ1n) is 13.4. The van der Waals surface area contributed by atoms with Crippen molar-refractivity contribution in [2.45, 2.75) is 84.7 Å². The second-order valence-electron chi connectivity index (χ2n) is 11.1. The molecule has 0 unspecified atom stereocenters. The molecule has 2 aliphatic carbocycles. The van der Waals surface area contributed by atoms with Crippen LogP contribution in [0.25, 0.3) is 10.9 Å². The van der Waals surface area contributed by atoms with Gasteiger partial charge in [-0.15, -0.1) is 10.2 Å². The van der Waals surface area contributed by atoms with Gasteiger partial charge in [0.05, 0.1) is 16.9 Å². The van der Waals surface area contributed by atoms with Crippen molar-refractivity contribution in [3.05, 3.63) is 52.9 Å². The molecule has 0 bridgehead atoms. The van der Waals surface area contributed by atoms with Crippen LogP contribution in [0.4, 0.5) is 11.4 Å². The van der Waals surface area contributed by atoms with Crippen LogP contribution in [-0.4, -0.2) is 27.5 Å². The molecule has 0 spiro atoms. The minimum absolute atomic E-state index is 0.213. The van der Waals surface area contributed by atoms with Crippen LogP contribution in [0, 0.1) is 5.92 Å². The number of unbranched alkanes of at least 4 members (excludes halogenated alkanes) is 1. The third-order valence-corrected chi connectivity index (χ3v) is 6.97. The van der Waals surface area contributed by atoms with Gasteiger partial charge < -0.3 is 15.4 Å². The monoisotopic (exact) mass is 536 g/mol. The Kier molecular flexibility index (Phi) is 8.87. The van der Waals surface area contributed by atoms with Gasteiger partial charge in [-0.2, -0.15) is 0 Å². The molecular formula is C30H37ClN4O3. The molecule has 202 valence electrons. The van der Waals surface area contributed by atoms with Crippen molar-refractivity contribution in [2.24, 2.45) is 5.92 Å². The zero-order valence-corrected chi connectivity index (χ0v) is 23.5. The maximum Gasteiger partial charge on any atom is 0.248 e. The Bertz CT molecular complexity index is 1300. The second-order valence-corrected chi connectivity index (χ2v) is 11.6. The maximum atomic E-state index is 12.9. The summed E-state index contributed by atoms with van der Waals surface area (Å²) in [6.45, 7) is 7.27. The number of aromatic nitrogens is 2. The molecule has 38 heavy (non-hydrogen) atoms. The van der Waals surface area contributed by atoms with Gasteiger partial charge in [0.1, 0.15) is 11.4 Å². The number of hydrogen-bond donors (Lipinski definition) is 2. The quantitative estimate of drug-likeness (QED) is 0.184. The van der Waals surface area contributed by atoms with E-state index < -0.39 is 5.60 Å². The molecule has 0 aliphatic heterocycles. The lowest BCUT2D eigenvalue weighted by Crippen LogP contribution is -2.24. The lowest BCUT2D eigenvalue weighted by Gasteiger charge is -2.24. The number of carbonyl (C=O) groups is 2. The topological polar surface area (TPSA) is 93.2 Å². The SMILES string of the molecule is CC(=O)c1nnc2cc(OC(C)(C)C)c(NC(=O)/C=C/CCCC3CCCC3)cc2c1NC1=CC=C(Cl)C1. The van der Waals surface area contributed by atoms with Crippen molar-refractivity contribution in [3.8, 4) is 5.75 Å². The largest absolute Gasteiger partial charge is 0.486 e. The molecular weight excluding hydrogens is 500 g/mol. The summed E-state index contributed by atoms with van der Waals surface area (Å²) in [6.07, 6.45) is 16.3. The third kappa shape index (κ3) is 7.44. The van der Waals surface area contributed by atoms with Crippen LogP contribution in [0.2, 0.25) is 0 Å². The number of nitrogens with zero attached hydrogens (tertiary/aromatic N) is 2. The fraction of sp³-hybridized carbons (Fsp3) is 0.467. The number of hydrogen-bond acceptors (Lipinski definition) is 6. The van der Waals surface area contributed by atoms with Gasteiger partial charge in [0.2, 0.25) is 5.91 Å². The lowest BCUT2D eigenvalue weighted by molar-refractivity contribution is -0.112. The first-order valence-corrected chi connectivity index (χ1v) is 13.8. The third-order valence-electron chi connectivity index (χ3n) is 6.71. The Hall–Kier alpha value is -3.19. The van der Waals surface area contributed by atoms with Gasteiger partial charge in [-0.05, 0) is 63.8 Å². The minimum atomic E-state index is -0.506. The number of amides is 1. The number of ketones is 1. The highest BCUT2D eigenvalue weighted by Gasteiger charge is 2.22. The van der Waals surface area contributed by atoms with E-state index in [1.54, 1.807) is 18.2 Å². The number of ether oxygens (including phenoxy) is 1. The minimum Gasteiger partial charge on any atom is -0.486 e. The molecule has 1 aromatic heterocycles. The van der Waals surface area contributed by atoms with E-state index in [1.807, 2.05) is 39.0 Å². The summed E-state index contributed by atoms with van der Waals surface area (Å²) in [7, 11) is 0. The first kappa shape index (κ1) is 27.8. The van der Waals surface area contributed by atoms with Crippen LogP contribution in [0.3, 0.4) is 0 Å². The zero-order chi connectivity index (χ0) is 27.3. The predicted molar refractivity (Wildman–Crippen MR) is 154 cm³/mol. The fourth-order valence-electron chi connectivity index (χ4n) is 4.94. The van der Waals surface area contributed by atoms with Crippen LogP contribution < -0.4 is 15.4 Å². The van der Waals surface area contributed by atoms with Crippen molar-refractivity contribution in [3.63, 3.8) is 0 Å². The number of halogens is 1. The predicted octanol–water partition coefficient (Wildman–Crippen LogP) is 7.69. The van der Waals surface area contributed by atoms with E-state index in [1.165, 1.54) is 39.0 Å². The molecule has 1 amide bonds. The second kappa shape index (κ2) is 12.1. The number of Topliss-reactive ketones (excluding diaryl/α,β-unsaturated/α-hetero) is 1. The molecule has 7 nitrogen and oxygen atoms in total. The summed E-state index contributed by atoms with van der Waals surface area (Å²) in [5.74, 6) is 0.876. The summed E-state index contributed by atoms with van der Waals surface area (Å²) >= 11 is 6.16. The van der Waals surface area contributed by atoms with Crippen molar-refractivity contribution in [1.29, 1.82) is 0 Å². The Balaban J connectivity index is 1.60. The summed E-state index contributed by atoms with van der Waals surface area (Å²) < 4.78 is 6.18. The Morgan fingerprint density at radius 2 is 1.92 bits per heavy atom. The van der Waals surface area contributed by atoms with Crippen LogP contribution in [-0.2, 0) is 4.79 Å². The van der Waals surface area contributed by atoms with Crippen LogP contribution in [0.15, 0.2) is 47.2 Å². The standard InChI is InChI=1S/C30H37ClN4O3/c1-19(36)28-29(32-22-15-14-21(31)16-22)23-17-25(26(38-30(2,3)4)18-24(23)34-35-28)33-27(37)13-7-5-6-10-20-11-8-9-12-20/h7,13-15,17-18,20H,5-6,8-12,16H2,1-4H3,(H,32,34)(H,33,37)/b13-7+. The van der Waals surface area contributed by atoms with E-state index in [0.29, 0.717) is 39.5 Å². The highest BCUT2D eigenvalue weighted by Crippen LogP contribution is 2.37. The molecule has 8 heteroatoms. The molecule has 2 aliphatic rings. The van der Waals surface area contributed by atoms with Gasteiger partial charge in [0.25, 0.3) is 0 Å². The van der Waals surface area contributed by atoms with Crippen molar-refractivity contribution >= 4 is 45.6 Å². The Labute approximate surface area is 229 Å². The number of benzene rings is 1. The molecule has 0 atom stereocenters. The highest BCUT2D eigenvalue weighted by atomic mass is 35.5. The van der Waals surface area contributed by atoms with Crippen LogP contribution in [0.5, 0.6) is 5.75 Å². The van der Waals surface area contributed by atoms with Crippen LogP contribution >= 0.6 is 11.6 Å². The Morgan fingerprint density at radius 1 is 1.16 bits per heavy atom. The molecule has 0 radical (unpaired) electrons. The summed E-state index contributed by atoms with van der Waals surface area (Å²) in [5, 5.41) is 16.1. The highest BCUT2D eigenvalue weighted by molar-refractivity contribution is 6.30. The van der Waals surface area contributed by atoms with E-state index >= 15 is 0 Å². The molecule has 1 fully saturated rings. The molecule has 0 saturated heterocycles. The number of nitrogens with one attached hydrogen (secondary N) is 2. The molecule has 1 saturated carbocycles. The zero-order valence-electron chi connectivity index (χ0n) is 22.7. The summed E-state index contributed by atoms with van der Waals surface area (Å²) in [6, 6.07) is 3.54. The van der Waals surface area contributed by atoms with E-state index in [0.717, 1.165) is 24.5 Å². The van der Waals surface area contributed by atoms with Gasteiger partial charge in [-0.1, -0.05) is 49.8 Å². The molecule has 2 aromatic rings.